The first kappa shape index (κ1) is 14.6. The summed E-state index contributed by atoms with van der Waals surface area (Å²) in [5.41, 5.74) is 8.05. The lowest BCUT2D eigenvalue weighted by molar-refractivity contribution is 0.282. The zero-order valence-corrected chi connectivity index (χ0v) is 13.0. The van der Waals surface area contributed by atoms with E-state index in [2.05, 4.69) is 68.4 Å². The summed E-state index contributed by atoms with van der Waals surface area (Å²) < 4.78 is 0. The van der Waals surface area contributed by atoms with Crippen LogP contribution in [0.5, 0.6) is 0 Å². The normalized spacial score (nSPS) is 10.7. The summed E-state index contributed by atoms with van der Waals surface area (Å²) >= 11 is 0. The van der Waals surface area contributed by atoms with Crippen molar-refractivity contribution in [2.45, 2.75) is 20.5 Å². The van der Waals surface area contributed by atoms with Crippen LogP contribution in [-0.2, 0) is 6.61 Å². The molecule has 0 amide bonds. The first-order valence-corrected chi connectivity index (χ1v) is 7.56. The molecule has 1 nitrogen and oxygen atoms in total. The van der Waals surface area contributed by atoms with Crippen molar-refractivity contribution in [1.29, 1.82) is 0 Å². The Morgan fingerprint density at radius 2 is 1.23 bits per heavy atom. The second kappa shape index (κ2) is 6.17. The van der Waals surface area contributed by atoms with E-state index in [0.29, 0.717) is 0 Å². The maximum atomic E-state index is 9.75. The molecule has 0 heterocycles. The highest BCUT2D eigenvalue weighted by Gasteiger charge is 2.11. The molecule has 0 unspecified atom stereocenters. The fraction of sp³-hybridized carbons (Fsp3) is 0.143. The summed E-state index contributed by atoms with van der Waals surface area (Å²) in [6.45, 7) is 4.22. The number of aliphatic hydroxyl groups is 1. The van der Waals surface area contributed by atoms with Gasteiger partial charge in [-0.25, -0.2) is 0 Å². The quantitative estimate of drug-likeness (QED) is 0.708. The zero-order valence-electron chi connectivity index (χ0n) is 13.0. The van der Waals surface area contributed by atoms with Crippen LogP contribution in [0.2, 0.25) is 0 Å². The van der Waals surface area contributed by atoms with Crippen molar-refractivity contribution in [2.24, 2.45) is 0 Å². The van der Waals surface area contributed by atoms with Crippen LogP contribution < -0.4 is 0 Å². The molecule has 0 bridgehead atoms. The van der Waals surface area contributed by atoms with Crippen LogP contribution in [0, 0.1) is 13.8 Å². The van der Waals surface area contributed by atoms with Crippen molar-refractivity contribution in [2.75, 3.05) is 0 Å². The van der Waals surface area contributed by atoms with E-state index in [9.17, 15) is 5.11 Å². The Labute approximate surface area is 131 Å². The van der Waals surface area contributed by atoms with E-state index in [1.807, 2.05) is 12.1 Å². The first-order chi connectivity index (χ1) is 10.7. The third-order valence-corrected chi connectivity index (χ3v) is 4.02. The van der Waals surface area contributed by atoms with Crippen LogP contribution in [0.15, 0.2) is 66.7 Å². The first-order valence-electron chi connectivity index (χ1n) is 7.56. The molecular weight excluding hydrogens is 268 g/mol. The molecule has 3 aromatic rings. The molecule has 0 saturated heterocycles. The molecule has 0 radical (unpaired) electrons. The van der Waals surface area contributed by atoms with Crippen LogP contribution in [0.3, 0.4) is 0 Å². The second-order valence-electron chi connectivity index (χ2n) is 5.73. The lowest BCUT2D eigenvalue weighted by atomic mass is 9.90. The van der Waals surface area contributed by atoms with Crippen molar-refractivity contribution >= 4 is 0 Å². The van der Waals surface area contributed by atoms with Crippen LogP contribution >= 0.6 is 0 Å². The standard InChI is InChI=1S/C21H20O/c1-15-6-10-17(11-7-15)20-5-3-4-19(14-22)21(20)18-12-8-16(2)9-13-18/h3-13,22H,14H2,1-2H3. The zero-order chi connectivity index (χ0) is 15.5. The van der Waals surface area contributed by atoms with Crippen molar-refractivity contribution in [3.8, 4) is 22.3 Å². The monoisotopic (exact) mass is 288 g/mol. The molecule has 3 rings (SSSR count). The van der Waals surface area contributed by atoms with Crippen molar-refractivity contribution in [1.82, 2.24) is 0 Å². The Bertz CT molecular complexity index is 768. The Morgan fingerprint density at radius 3 is 1.77 bits per heavy atom. The molecule has 0 aliphatic rings. The molecule has 0 aromatic heterocycles. The van der Waals surface area contributed by atoms with E-state index in [1.54, 1.807) is 0 Å². The van der Waals surface area contributed by atoms with Crippen LogP contribution in [-0.4, -0.2) is 5.11 Å². The molecule has 110 valence electrons. The average Bonchev–Trinajstić information content (AvgIpc) is 2.56. The molecule has 0 aliphatic heterocycles. The fourth-order valence-electron chi connectivity index (χ4n) is 2.77. The van der Waals surface area contributed by atoms with E-state index >= 15 is 0 Å². The Kier molecular flexibility index (Phi) is 4.08. The smallest absolute Gasteiger partial charge is 0.0688 e. The highest BCUT2D eigenvalue weighted by molar-refractivity contribution is 5.85. The number of benzene rings is 3. The lowest BCUT2D eigenvalue weighted by Crippen LogP contribution is -1.93. The molecule has 0 fully saturated rings. The Hall–Kier alpha value is -2.38. The molecular formula is C21H20O. The summed E-state index contributed by atoms with van der Waals surface area (Å²) in [5, 5.41) is 9.75. The predicted molar refractivity (Wildman–Crippen MR) is 92.7 cm³/mol. The minimum Gasteiger partial charge on any atom is -0.392 e. The van der Waals surface area contributed by atoms with Gasteiger partial charge in [0.25, 0.3) is 0 Å². The van der Waals surface area contributed by atoms with E-state index in [4.69, 9.17) is 0 Å². The highest BCUT2D eigenvalue weighted by atomic mass is 16.3. The SMILES string of the molecule is Cc1ccc(-c2cccc(CO)c2-c2ccc(C)cc2)cc1. The summed E-state index contributed by atoms with van der Waals surface area (Å²) in [6, 6.07) is 23.1. The van der Waals surface area contributed by atoms with Gasteiger partial charge in [0.2, 0.25) is 0 Å². The van der Waals surface area contributed by atoms with Gasteiger partial charge in [0.15, 0.2) is 0 Å². The average molecular weight is 288 g/mol. The number of aliphatic hydroxyl groups excluding tert-OH is 1. The summed E-state index contributed by atoms with van der Waals surface area (Å²) in [7, 11) is 0. The Balaban J connectivity index is 2.22. The van der Waals surface area contributed by atoms with Crippen molar-refractivity contribution in [3.05, 3.63) is 83.4 Å². The number of rotatable bonds is 3. The van der Waals surface area contributed by atoms with Gasteiger partial charge < -0.3 is 5.11 Å². The van der Waals surface area contributed by atoms with Gasteiger partial charge in [0.1, 0.15) is 0 Å². The third-order valence-electron chi connectivity index (χ3n) is 4.02. The molecule has 1 heteroatoms. The molecule has 0 saturated carbocycles. The van der Waals surface area contributed by atoms with E-state index < -0.39 is 0 Å². The summed E-state index contributed by atoms with van der Waals surface area (Å²) in [6.07, 6.45) is 0. The summed E-state index contributed by atoms with van der Waals surface area (Å²) in [4.78, 5) is 0. The van der Waals surface area contributed by atoms with Gasteiger partial charge in [-0.15, -0.1) is 0 Å². The molecule has 0 aliphatic carbocycles. The summed E-state index contributed by atoms with van der Waals surface area (Å²) in [5.74, 6) is 0. The molecule has 3 aromatic carbocycles. The fourth-order valence-corrected chi connectivity index (χ4v) is 2.77. The maximum absolute atomic E-state index is 9.75. The van der Waals surface area contributed by atoms with Crippen LogP contribution in [0.25, 0.3) is 22.3 Å². The molecule has 0 spiro atoms. The number of aryl methyl sites for hydroxylation is 2. The van der Waals surface area contributed by atoms with Gasteiger partial charge in [-0.2, -0.15) is 0 Å². The van der Waals surface area contributed by atoms with Crippen LogP contribution in [0.4, 0.5) is 0 Å². The second-order valence-corrected chi connectivity index (χ2v) is 5.73. The van der Waals surface area contributed by atoms with Gasteiger partial charge >= 0.3 is 0 Å². The number of hydrogen-bond acceptors (Lipinski definition) is 1. The van der Waals surface area contributed by atoms with Gasteiger partial charge in [-0.1, -0.05) is 77.9 Å². The third kappa shape index (κ3) is 2.81. The van der Waals surface area contributed by atoms with Gasteiger partial charge in [-0.05, 0) is 41.7 Å². The molecule has 0 atom stereocenters. The Morgan fingerprint density at radius 1 is 0.682 bits per heavy atom. The molecule has 1 N–H and O–H groups in total. The topological polar surface area (TPSA) is 20.2 Å². The van der Waals surface area contributed by atoms with E-state index in [1.165, 1.54) is 16.7 Å². The lowest BCUT2D eigenvalue weighted by Gasteiger charge is -2.15. The van der Waals surface area contributed by atoms with Crippen molar-refractivity contribution in [3.63, 3.8) is 0 Å². The largest absolute Gasteiger partial charge is 0.392 e. The number of hydrogen-bond donors (Lipinski definition) is 1. The van der Waals surface area contributed by atoms with Gasteiger partial charge in [-0.3, -0.25) is 0 Å². The molecule has 22 heavy (non-hydrogen) atoms. The minimum atomic E-state index is 0.0446. The highest BCUT2D eigenvalue weighted by Crippen LogP contribution is 2.35. The van der Waals surface area contributed by atoms with Gasteiger partial charge in [0, 0.05) is 0 Å². The van der Waals surface area contributed by atoms with Crippen LogP contribution in [0.1, 0.15) is 16.7 Å². The minimum absolute atomic E-state index is 0.0446. The predicted octanol–water partition coefficient (Wildman–Crippen LogP) is 5.13. The van der Waals surface area contributed by atoms with E-state index in [-0.39, 0.29) is 6.61 Å². The van der Waals surface area contributed by atoms with Crippen molar-refractivity contribution < 1.29 is 5.11 Å². The van der Waals surface area contributed by atoms with E-state index in [0.717, 1.165) is 22.3 Å². The maximum Gasteiger partial charge on any atom is 0.0688 e. The van der Waals surface area contributed by atoms with Gasteiger partial charge in [0.05, 0.1) is 6.61 Å².